The number of nitrogens with zero attached hydrogens (tertiary/aromatic N) is 4. The number of fused-ring (bicyclic) bond motifs is 1. The fraction of sp³-hybridized carbons (Fsp3) is 0.235. The molecule has 140 valence electrons. The zero-order valence-electron chi connectivity index (χ0n) is 14.6. The fourth-order valence-electron chi connectivity index (χ4n) is 2.49. The number of aryl methyl sites for hydroxylation is 1. The predicted octanol–water partition coefficient (Wildman–Crippen LogP) is 1.91. The first kappa shape index (κ1) is 19.1. The van der Waals surface area contributed by atoms with Gasteiger partial charge in [-0.05, 0) is 19.1 Å². The number of aromatic nitrogens is 4. The zero-order chi connectivity index (χ0) is 19.9. The van der Waals surface area contributed by atoms with Gasteiger partial charge >= 0.3 is 11.7 Å². The van der Waals surface area contributed by atoms with E-state index in [1.165, 1.54) is 25.6 Å². The van der Waals surface area contributed by atoms with Crippen LogP contribution in [0.25, 0.3) is 22.4 Å². The van der Waals surface area contributed by atoms with E-state index in [2.05, 4.69) is 9.97 Å². The molecule has 0 aliphatic rings. The van der Waals surface area contributed by atoms with E-state index < -0.39 is 22.5 Å². The molecule has 1 aromatic carbocycles. The summed E-state index contributed by atoms with van der Waals surface area (Å²) in [5.74, 6) is -0.800. The van der Waals surface area contributed by atoms with Crippen molar-refractivity contribution in [2.45, 2.75) is 17.2 Å². The largest absolute Gasteiger partial charge is 0.480 e. The van der Waals surface area contributed by atoms with Crippen molar-refractivity contribution in [3.8, 4) is 11.4 Å². The van der Waals surface area contributed by atoms with Crippen molar-refractivity contribution in [3.63, 3.8) is 0 Å². The molecule has 3 rings (SSSR count). The topological polar surface area (TPSA) is 107 Å². The molecule has 0 saturated heterocycles. The maximum Gasteiger partial charge on any atom is 0.332 e. The van der Waals surface area contributed by atoms with Crippen LogP contribution in [0.1, 0.15) is 6.92 Å². The Morgan fingerprint density at radius 1 is 1.22 bits per heavy atom. The van der Waals surface area contributed by atoms with Gasteiger partial charge in [0.05, 0.1) is 0 Å². The molecule has 1 N–H and O–H groups in total. The van der Waals surface area contributed by atoms with Crippen molar-refractivity contribution in [2.75, 3.05) is 0 Å². The lowest BCUT2D eigenvalue weighted by Crippen LogP contribution is -2.37. The monoisotopic (exact) mass is 406 g/mol. The normalized spacial score (nSPS) is 12.3. The fourth-order valence-corrected chi connectivity index (χ4v) is 3.55. The van der Waals surface area contributed by atoms with E-state index in [0.717, 1.165) is 16.3 Å². The number of thioether (sulfide) groups is 1. The average molecular weight is 407 g/mol. The lowest BCUT2D eigenvalue weighted by Gasteiger charge is -2.13. The molecule has 0 aliphatic carbocycles. The summed E-state index contributed by atoms with van der Waals surface area (Å²) in [5, 5.41) is 9.16. The molecule has 1 atom stereocenters. The van der Waals surface area contributed by atoms with Crippen molar-refractivity contribution in [2.24, 2.45) is 14.1 Å². The van der Waals surface area contributed by atoms with Crippen LogP contribution >= 0.6 is 23.4 Å². The van der Waals surface area contributed by atoms with Gasteiger partial charge < -0.3 is 5.11 Å². The van der Waals surface area contributed by atoms with Crippen LogP contribution in [-0.4, -0.2) is 35.4 Å². The lowest BCUT2D eigenvalue weighted by molar-refractivity contribution is -0.136. The number of carboxylic acids is 1. The first-order valence-electron chi connectivity index (χ1n) is 7.84. The molecular formula is C17H15ClN4O4S. The summed E-state index contributed by atoms with van der Waals surface area (Å²) in [6.45, 7) is 1.49. The van der Waals surface area contributed by atoms with Crippen molar-refractivity contribution in [3.05, 3.63) is 50.1 Å². The molecule has 0 amide bonds. The Labute approximate surface area is 162 Å². The molecule has 0 fully saturated rings. The summed E-state index contributed by atoms with van der Waals surface area (Å²) in [4.78, 5) is 45.0. The van der Waals surface area contributed by atoms with Gasteiger partial charge in [-0.15, -0.1) is 0 Å². The van der Waals surface area contributed by atoms with E-state index in [9.17, 15) is 19.5 Å². The average Bonchev–Trinajstić information content (AvgIpc) is 2.63. The molecule has 0 unspecified atom stereocenters. The lowest BCUT2D eigenvalue weighted by atomic mass is 10.2. The van der Waals surface area contributed by atoms with E-state index >= 15 is 0 Å². The van der Waals surface area contributed by atoms with Gasteiger partial charge in [0.15, 0.2) is 11.5 Å². The van der Waals surface area contributed by atoms with E-state index in [1.54, 1.807) is 24.3 Å². The quantitative estimate of drug-likeness (QED) is 0.521. The molecular weight excluding hydrogens is 392 g/mol. The second-order valence-electron chi connectivity index (χ2n) is 5.87. The Morgan fingerprint density at radius 3 is 2.56 bits per heavy atom. The highest BCUT2D eigenvalue weighted by atomic mass is 35.5. The number of hydrogen-bond acceptors (Lipinski definition) is 6. The number of carboxylic acid groups (broad SMARTS) is 1. The minimum atomic E-state index is -1.04. The second kappa shape index (κ2) is 7.16. The molecule has 0 aliphatic heterocycles. The Balaban J connectivity index is 2.40. The summed E-state index contributed by atoms with van der Waals surface area (Å²) in [6, 6.07) is 6.80. The number of aliphatic carboxylic acids is 1. The van der Waals surface area contributed by atoms with Gasteiger partial charge in [-0.25, -0.2) is 14.8 Å². The van der Waals surface area contributed by atoms with Crippen molar-refractivity contribution >= 4 is 40.4 Å². The highest BCUT2D eigenvalue weighted by molar-refractivity contribution is 8.00. The van der Waals surface area contributed by atoms with Gasteiger partial charge in [0.2, 0.25) is 0 Å². The molecule has 8 nitrogen and oxygen atoms in total. The van der Waals surface area contributed by atoms with E-state index in [1.807, 2.05) is 0 Å². The van der Waals surface area contributed by atoms with Gasteiger partial charge in [-0.2, -0.15) is 0 Å². The summed E-state index contributed by atoms with van der Waals surface area (Å²) in [7, 11) is 2.85. The number of hydrogen-bond donors (Lipinski definition) is 1. The summed E-state index contributed by atoms with van der Waals surface area (Å²) in [6.07, 6.45) is 0. The van der Waals surface area contributed by atoms with Crippen LogP contribution in [0, 0.1) is 0 Å². The van der Waals surface area contributed by atoms with Gasteiger partial charge in [-0.1, -0.05) is 35.5 Å². The Hall–Kier alpha value is -2.65. The van der Waals surface area contributed by atoms with Crippen molar-refractivity contribution in [1.82, 2.24) is 19.1 Å². The molecule has 0 bridgehead atoms. The summed E-state index contributed by atoms with van der Waals surface area (Å²) < 4.78 is 2.18. The molecule has 0 radical (unpaired) electrons. The Kier molecular flexibility index (Phi) is 5.07. The number of halogens is 1. The standard InChI is InChI=1S/C17H15ClN4O4S/c1-8(16(24)25)27-14-11-13(21(2)17(26)22(3)15(11)23)19-12(20-14)9-5-4-6-10(18)7-9/h4-8H,1-3H3,(H,24,25)/t8-/m1/s1. The minimum Gasteiger partial charge on any atom is -0.480 e. The minimum absolute atomic E-state index is 0.100. The van der Waals surface area contributed by atoms with E-state index in [-0.39, 0.29) is 21.9 Å². The van der Waals surface area contributed by atoms with Gasteiger partial charge in [0.25, 0.3) is 5.56 Å². The van der Waals surface area contributed by atoms with Crippen LogP contribution in [0.4, 0.5) is 0 Å². The maximum absolute atomic E-state index is 12.7. The first-order chi connectivity index (χ1) is 12.7. The third kappa shape index (κ3) is 3.47. The second-order valence-corrected chi connectivity index (χ2v) is 7.63. The molecule has 27 heavy (non-hydrogen) atoms. The Morgan fingerprint density at radius 2 is 1.93 bits per heavy atom. The SMILES string of the molecule is C[C@@H](Sc1nc(-c2cccc(Cl)c2)nc2c1c(=O)n(C)c(=O)n2C)C(=O)O. The number of carbonyl (C=O) groups is 1. The highest BCUT2D eigenvalue weighted by Crippen LogP contribution is 2.29. The zero-order valence-corrected chi connectivity index (χ0v) is 16.2. The maximum atomic E-state index is 12.7. The molecule has 10 heteroatoms. The van der Waals surface area contributed by atoms with Crippen LogP contribution in [0.2, 0.25) is 5.02 Å². The number of rotatable bonds is 4. The third-order valence-electron chi connectivity index (χ3n) is 3.99. The highest BCUT2D eigenvalue weighted by Gasteiger charge is 2.22. The molecule has 3 aromatic rings. The predicted molar refractivity (Wildman–Crippen MR) is 103 cm³/mol. The van der Waals surface area contributed by atoms with Gasteiger partial charge in [0, 0.05) is 24.7 Å². The van der Waals surface area contributed by atoms with Crippen LogP contribution < -0.4 is 11.2 Å². The van der Waals surface area contributed by atoms with E-state index in [4.69, 9.17) is 11.6 Å². The molecule has 2 aromatic heterocycles. The third-order valence-corrected chi connectivity index (χ3v) is 5.29. The molecule has 0 spiro atoms. The van der Waals surface area contributed by atoms with Crippen LogP contribution in [-0.2, 0) is 18.9 Å². The first-order valence-corrected chi connectivity index (χ1v) is 9.09. The van der Waals surface area contributed by atoms with Crippen LogP contribution in [0.3, 0.4) is 0 Å². The van der Waals surface area contributed by atoms with Crippen molar-refractivity contribution in [1.29, 1.82) is 0 Å². The van der Waals surface area contributed by atoms with Gasteiger partial charge in [-0.3, -0.25) is 18.7 Å². The molecule has 2 heterocycles. The summed E-state index contributed by atoms with van der Waals surface area (Å²) in [5.41, 5.74) is -0.396. The number of benzene rings is 1. The summed E-state index contributed by atoms with van der Waals surface area (Å²) >= 11 is 6.95. The van der Waals surface area contributed by atoms with Gasteiger partial charge in [0.1, 0.15) is 15.7 Å². The van der Waals surface area contributed by atoms with Crippen LogP contribution in [0.5, 0.6) is 0 Å². The van der Waals surface area contributed by atoms with E-state index in [0.29, 0.717) is 10.6 Å². The smallest absolute Gasteiger partial charge is 0.332 e. The molecule has 0 saturated carbocycles. The van der Waals surface area contributed by atoms with Crippen molar-refractivity contribution < 1.29 is 9.90 Å². The Bertz CT molecular complexity index is 1190. The van der Waals surface area contributed by atoms with Crippen LogP contribution in [0.15, 0.2) is 38.9 Å².